The topological polar surface area (TPSA) is 88.5 Å². The van der Waals surface area contributed by atoms with Gasteiger partial charge in [-0.25, -0.2) is 15.0 Å². The van der Waals surface area contributed by atoms with Gasteiger partial charge in [-0.15, -0.1) is 24.0 Å². The van der Waals surface area contributed by atoms with Crippen LogP contribution in [0.3, 0.4) is 0 Å². The standard InChI is InChI=1S/C15H22N8.HI/c1-2-23-12-13(11-20-23)10-19-14(16)21-6-8-22(9-7-21)15-17-4-3-5-18-15;/h3-5,11-12H,2,6-10H2,1H3,(H2,16,19);1H. The monoisotopic (exact) mass is 442 g/mol. The molecule has 2 N–H and O–H groups in total. The number of guanidine groups is 1. The SMILES string of the molecule is CCn1cc(CN=C(N)N2CCN(c3ncccn3)CC2)cn1.I. The van der Waals surface area contributed by atoms with Gasteiger partial charge in [0.25, 0.3) is 0 Å². The summed E-state index contributed by atoms with van der Waals surface area (Å²) in [6.07, 6.45) is 7.37. The fourth-order valence-corrected chi connectivity index (χ4v) is 2.52. The van der Waals surface area contributed by atoms with Crippen molar-refractivity contribution in [3.63, 3.8) is 0 Å². The molecular formula is C15H23IN8. The van der Waals surface area contributed by atoms with Gasteiger partial charge >= 0.3 is 0 Å². The van der Waals surface area contributed by atoms with Crippen LogP contribution in [-0.4, -0.2) is 56.8 Å². The second-order valence-electron chi connectivity index (χ2n) is 5.40. The molecule has 0 radical (unpaired) electrons. The van der Waals surface area contributed by atoms with Crippen molar-refractivity contribution in [2.75, 3.05) is 31.1 Å². The lowest BCUT2D eigenvalue weighted by Gasteiger charge is -2.35. The Bertz CT molecular complexity index is 649. The van der Waals surface area contributed by atoms with Gasteiger partial charge in [-0.3, -0.25) is 4.68 Å². The highest BCUT2D eigenvalue weighted by Crippen LogP contribution is 2.09. The van der Waals surface area contributed by atoms with Gasteiger partial charge in [0.05, 0.1) is 12.7 Å². The highest BCUT2D eigenvalue weighted by Gasteiger charge is 2.19. The zero-order valence-corrected chi connectivity index (χ0v) is 16.1. The molecule has 1 fully saturated rings. The molecule has 0 unspecified atom stereocenters. The Morgan fingerprint density at radius 3 is 2.54 bits per heavy atom. The van der Waals surface area contributed by atoms with E-state index < -0.39 is 0 Å². The molecule has 1 aliphatic heterocycles. The maximum absolute atomic E-state index is 6.12. The minimum atomic E-state index is 0. The molecule has 0 amide bonds. The third-order valence-corrected chi connectivity index (χ3v) is 3.87. The van der Waals surface area contributed by atoms with E-state index in [4.69, 9.17) is 5.73 Å². The lowest BCUT2D eigenvalue weighted by atomic mass is 10.3. The summed E-state index contributed by atoms with van der Waals surface area (Å²) >= 11 is 0. The van der Waals surface area contributed by atoms with E-state index in [2.05, 4.69) is 36.8 Å². The normalized spacial score (nSPS) is 15.3. The lowest BCUT2D eigenvalue weighted by molar-refractivity contribution is 0.378. The van der Waals surface area contributed by atoms with Crippen LogP contribution in [0, 0.1) is 0 Å². The molecule has 1 saturated heterocycles. The number of anilines is 1. The summed E-state index contributed by atoms with van der Waals surface area (Å²) in [6, 6.07) is 1.82. The van der Waals surface area contributed by atoms with Crippen molar-refractivity contribution in [3.05, 3.63) is 36.4 Å². The maximum atomic E-state index is 6.12. The number of hydrogen-bond acceptors (Lipinski definition) is 5. The number of halogens is 1. The smallest absolute Gasteiger partial charge is 0.225 e. The second kappa shape index (κ2) is 8.81. The van der Waals surface area contributed by atoms with Crippen LogP contribution in [0.1, 0.15) is 12.5 Å². The van der Waals surface area contributed by atoms with E-state index in [1.807, 2.05) is 23.1 Å². The summed E-state index contributed by atoms with van der Waals surface area (Å²) in [6.45, 7) is 6.81. The maximum Gasteiger partial charge on any atom is 0.225 e. The van der Waals surface area contributed by atoms with Crippen molar-refractivity contribution in [2.24, 2.45) is 10.7 Å². The molecular weight excluding hydrogens is 419 g/mol. The van der Waals surface area contributed by atoms with E-state index in [0.29, 0.717) is 12.5 Å². The van der Waals surface area contributed by atoms with Gasteiger partial charge in [-0.1, -0.05) is 0 Å². The van der Waals surface area contributed by atoms with Gasteiger partial charge < -0.3 is 15.5 Å². The Balaban J connectivity index is 0.00000208. The van der Waals surface area contributed by atoms with Crippen LogP contribution in [0.15, 0.2) is 35.8 Å². The summed E-state index contributed by atoms with van der Waals surface area (Å²) in [5.41, 5.74) is 7.19. The van der Waals surface area contributed by atoms with Crippen LogP contribution in [0.5, 0.6) is 0 Å². The molecule has 0 bridgehead atoms. The van der Waals surface area contributed by atoms with Crippen molar-refractivity contribution in [3.8, 4) is 0 Å². The quantitative estimate of drug-likeness (QED) is 0.431. The van der Waals surface area contributed by atoms with Crippen LogP contribution in [0.4, 0.5) is 5.95 Å². The molecule has 130 valence electrons. The van der Waals surface area contributed by atoms with Crippen molar-refractivity contribution >= 4 is 35.9 Å². The Hall–Kier alpha value is -1.91. The predicted octanol–water partition coefficient (Wildman–Crippen LogP) is 0.948. The number of hydrogen-bond donors (Lipinski definition) is 1. The molecule has 0 spiro atoms. The average Bonchev–Trinajstić information content (AvgIpc) is 3.09. The van der Waals surface area contributed by atoms with E-state index in [1.165, 1.54) is 0 Å². The van der Waals surface area contributed by atoms with Crippen LogP contribution >= 0.6 is 24.0 Å². The first-order chi connectivity index (χ1) is 11.3. The second-order valence-corrected chi connectivity index (χ2v) is 5.40. The van der Waals surface area contributed by atoms with Crippen LogP contribution < -0.4 is 10.6 Å². The Morgan fingerprint density at radius 1 is 1.21 bits per heavy atom. The van der Waals surface area contributed by atoms with Gasteiger partial charge in [0.2, 0.25) is 5.95 Å². The predicted molar refractivity (Wildman–Crippen MR) is 104 cm³/mol. The van der Waals surface area contributed by atoms with Crippen molar-refractivity contribution in [1.29, 1.82) is 0 Å². The van der Waals surface area contributed by atoms with Crippen molar-refractivity contribution < 1.29 is 0 Å². The Labute approximate surface area is 158 Å². The molecule has 2 aromatic rings. The zero-order valence-electron chi connectivity index (χ0n) is 13.7. The molecule has 8 nitrogen and oxygen atoms in total. The first-order valence-corrected chi connectivity index (χ1v) is 7.84. The van der Waals surface area contributed by atoms with Gasteiger partial charge in [0.15, 0.2) is 5.96 Å². The molecule has 0 saturated carbocycles. The number of nitrogens with two attached hydrogens (primary N) is 1. The number of nitrogens with zero attached hydrogens (tertiary/aromatic N) is 7. The van der Waals surface area contributed by atoms with Crippen LogP contribution in [0.2, 0.25) is 0 Å². The Kier molecular flexibility index (Phi) is 6.76. The lowest BCUT2D eigenvalue weighted by Crippen LogP contribution is -2.51. The number of aromatic nitrogens is 4. The summed E-state index contributed by atoms with van der Waals surface area (Å²) in [5.74, 6) is 1.36. The summed E-state index contributed by atoms with van der Waals surface area (Å²) in [5, 5.41) is 4.24. The minimum Gasteiger partial charge on any atom is -0.370 e. The van der Waals surface area contributed by atoms with Gasteiger partial charge in [0, 0.05) is 56.9 Å². The fraction of sp³-hybridized carbons (Fsp3) is 0.467. The van der Waals surface area contributed by atoms with E-state index in [9.17, 15) is 0 Å². The van der Waals surface area contributed by atoms with E-state index >= 15 is 0 Å². The third kappa shape index (κ3) is 4.56. The fourth-order valence-electron chi connectivity index (χ4n) is 2.52. The highest BCUT2D eigenvalue weighted by atomic mass is 127. The summed E-state index contributed by atoms with van der Waals surface area (Å²) in [4.78, 5) is 17.3. The molecule has 2 aromatic heterocycles. The summed E-state index contributed by atoms with van der Waals surface area (Å²) in [7, 11) is 0. The largest absolute Gasteiger partial charge is 0.370 e. The third-order valence-electron chi connectivity index (χ3n) is 3.87. The van der Waals surface area contributed by atoms with Crippen LogP contribution in [0.25, 0.3) is 0 Å². The zero-order chi connectivity index (χ0) is 16.1. The number of aryl methyl sites for hydroxylation is 1. The van der Waals surface area contributed by atoms with Crippen molar-refractivity contribution in [1.82, 2.24) is 24.6 Å². The summed E-state index contributed by atoms with van der Waals surface area (Å²) < 4.78 is 1.89. The number of rotatable bonds is 4. The molecule has 0 aromatic carbocycles. The Morgan fingerprint density at radius 2 is 1.92 bits per heavy atom. The van der Waals surface area contributed by atoms with Gasteiger partial charge in [-0.05, 0) is 13.0 Å². The highest BCUT2D eigenvalue weighted by molar-refractivity contribution is 14.0. The molecule has 1 aliphatic rings. The first-order valence-electron chi connectivity index (χ1n) is 7.84. The molecule has 3 rings (SSSR count). The van der Waals surface area contributed by atoms with Crippen LogP contribution in [-0.2, 0) is 13.1 Å². The first kappa shape index (κ1) is 18.4. The minimum absolute atomic E-state index is 0. The average molecular weight is 442 g/mol. The molecule has 9 heteroatoms. The van der Waals surface area contributed by atoms with Gasteiger partial charge in [-0.2, -0.15) is 5.10 Å². The molecule has 0 atom stereocenters. The number of piperazine rings is 1. The molecule has 24 heavy (non-hydrogen) atoms. The van der Waals surface area contributed by atoms with Crippen molar-refractivity contribution in [2.45, 2.75) is 20.0 Å². The van der Waals surface area contributed by atoms with Gasteiger partial charge in [0.1, 0.15) is 0 Å². The molecule has 0 aliphatic carbocycles. The van der Waals surface area contributed by atoms with E-state index in [0.717, 1.165) is 44.2 Å². The van der Waals surface area contributed by atoms with E-state index in [-0.39, 0.29) is 24.0 Å². The molecule has 3 heterocycles. The number of aliphatic imine (C=N–C) groups is 1. The van der Waals surface area contributed by atoms with E-state index in [1.54, 1.807) is 12.4 Å².